The quantitative estimate of drug-likeness (QED) is 0.314. The molecule has 0 atom stereocenters. The van der Waals surface area contributed by atoms with Gasteiger partial charge < -0.3 is 0 Å². The highest BCUT2D eigenvalue weighted by Crippen LogP contribution is 2.12. The minimum absolute atomic E-state index is 0.191. The molecule has 78 valence electrons. The maximum absolute atomic E-state index is 13.1. The summed E-state index contributed by atoms with van der Waals surface area (Å²) in [5.74, 6) is -1.73. The van der Waals surface area contributed by atoms with Gasteiger partial charge in [0.15, 0.2) is 11.6 Å². The van der Waals surface area contributed by atoms with E-state index >= 15 is 0 Å². The molecular weight excluding hydrogens is 200 g/mol. The summed E-state index contributed by atoms with van der Waals surface area (Å²) in [7, 11) is 0. The number of nitrogens with zero attached hydrogens (tertiary/aromatic N) is 3. The van der Waals surface area contributed by atoms with Gasteiger partial charge in [-0.25, -0.2) is 8.78 Å². The van der Waals surface area contributed by atoms with E-state index in [2.05, 4.69) is 10.0 Å². The highest BCUT2D eigenvalue weighted by molar-refractivity contribution is 5.49. The molecule has 0 bridgehead atoms. The van der Waals surface area contributed by atoms with Crippen LogP contribution in [0.15, 0.2) is 29.4 Å². The lowest BCUT2D eigenvalue weighted by Crippen LogP contribution is -1.87. The normalized spacial score (nSPS) is 10.3. The zero-order valence-corrected chi connectivity index (χ0v) is 7.90. The molecule has 0 heterocycles. The van der Waals surface area contributed by atoms with Gasteiger partial charge in [-0.3, -0.25) is 0 Å². The Kier molecular flexibility index (Phi) is 4.31. The molecule has 5 heteroatoms. The Hall–Kier alpha value is -1.87. The fourth-order valence-corrected chi connectivity index (χ4v) is 1.04. The summed E-state index contributed by atoms with van der Waals surface area (Å²) in [6, 6.07) is 3.97. The van der Waals surface area contributed by atoms with Crippen molar-refractivity contribution in [2.24, 2.45) is 5.11 Å². The third kappa shape index (κ3) is 3.40. The predicted octanol–water partition coefficient (Wildman–Crippen LogP) is 3.68. The van der Waals surface area contributed by atoms with E-state index in [-0.39, 0.29) is 5.56 Å². The van der Waals surface area contributed by atoms with E-state index in [0.717, 1.165) is 6.07 Å². The van der Waals surface area contributed by atoms with Crippen LogP contribution >= 0.6 is 0 Å². The van der Waals surface area contributed by atoms with Crippen LogP contribution in [-0.4, -0.2) is 6.54 Å². The van der Waals surface area contributed by atoms with Gasteiger partial charge in [0, 0.05) is 17.0 Å². The molecule has 1 aromatic rings. The maximum Gasteiger partial charge on any atom is 0.166 e. The molecule has 1 rings (SSSR count). The molecule has 1 aromatic carbocycles. The first kappa shape index (κ1) is 11.2. The third-order valence-electron chi connectivity index (χ3n) is 1.74. The zero-order valence-electron chi connectivity index (χ0n) is 7.90. The standard InChI is InChI=1S/C10H9F2N3/c11-9-6-3-5-8(10(9)12)4-1-2-7-14-15-13/h1,3-6H,2,7H2. The van der Waals surface area contributed by atoms with Gasteiger partial charge in [0.25, 0.3) is 0 Å². The number of halogens is 2. The molecule has 0 saturated heterocycles. The highest BCUT2D eigenvalue weighted by Gasteiger charge is 2.03. The maximum atomic E-state index is 13.1. The minimum Gasteiger partial charge on any atom is -0.204 e. The molecular formula is C10H9F2N3. The molecule has 15 heavy (non-hydrogen) atoms. The van der Waals surface area contributed by atoms with Gasteiger partial charge in [-0.05, 0) is 18.0 Å². The largest absolute Gasteiger partial charge is 0.204 e. The van der Waals surface area contributed by atoms with Gasteiger partial charge in [-0.15, -0.1) is 0 Å². The molecule has 0 N–H and O–H groups in total. The van der Waals surface area contributed by atoms with E-state index in [0.29, 0.717) is 13.0 Å². The van der Waals surface area contributed by atoms with E-state index in [1.807, 2.05) is 0 Å². The molecule has 0 aliphatic rings. The summed E-state index contributed by atoms with van der Waals surface area (Å²) in [4.78, 5) is 2.57. The second-order valence-corrected chi connectivity index (χ2v) is 2.79. The van der Waals surface area contributed by atoms with Crippen molar-refractivity contribution in [1.82, 2.24) is 0 Å². The van der Waals surface area contributed by atoms with Crippen LogP contribution < -0.4 is 0 Å². The molecule has 0 aromatic heterocycles. The van der Waals surface area contributed by atoms with Gasteiger partial charge in [0.05, 0.1) is 0 Å². The van der Waals surface area contributed by atoms with Crippen LogP contribution in [0.1, 0.15) is 12.0 Å². The molecule has 0 aliphatic carbocycles. The fourth-order valence-electron chi connectivity index (χ4n) is 1.04. The Bertz CT molecular complexity index is 409. The molecule has 0 amide bonds. The lowest BCUT2D eigenvalue weighted by Gasteiger charge is -1.96. The van der Waals surface area contributed by atoms with Crippen LogP contribution in [0.3, 0.4) is 0 Å². The first-order valence-electron chi connectivity index (χ1n) is 4.37. The Morgan fingerprint density at radius 2 is 2.20 bits per heavy atom. The predicted molar refractivity (Wildman–Crippen MR) is 54.0 cm³/mol. The lowest BCUT2D eigenvalue weighted by molar-refractivity contribution is 0.507. The van der Waals surface area contributed by atoms with Crippen molar-refractivity contribution < 1.29 is 8.78 Å². The van der Waals surface area contributed by atoms with Crippen molar-refractivity contribution in [2.45, 2.75) is 6.42 Å². The second kappa shape index (κ2) is 5.78. The number of hydrogen-bond donors (Lipinski definition) is 0. The molecule has 0 spiro atoms. The van der Waals surface area contributed by atoms with Crippen LogP contribution in [0.2, 0.25) is 0 Å². The molecule has 0 fully saturated rings. The third-order valence-corrected chi connectivity index (χ3v) is 1.74. The Labute approximate surface area is 85.7 Å². The molecule has 0 unspecified atom stereocenters. The van der Waals surface area contributed by atoms with Crippen LogP contribution in [0.4, 0.5) is 8.78 Å². The summed E-state index contributed by atoms with van der Waals surface area (Å²) in [5, 5.41) is 3.30. The van der Waals surface area contributed by atoms with Crippen molar-refractivity contribution in [1.29, 1.82) is 0 Å². The van der Waals surface area contributed by atoms with Crippen molar-refractivity contribution in [3.8, 4) is 0 Å². The molecule has 3 nitrogen and oxygen atoms in total. The van der Waals surface area contributed by atoms with Gasteiger partial charge in [0.2, 0.25) is 0 Å². The van der Waals surface area contributed by atoms with E-state index < -0.39 is 11.6 Å². The number of azide groups is 1. The average Bonchev–Trinajstić information content (AvgIpc) is 2.24. The van der Waals surface area contributed by atoms with Crippen molar-refractivity contribution >= 4 is 6.08 Å². The fraction of sp³-hybridized carbons (Fsp3) is 0.200. The Morgan fingerprint density at radius 3 is 2.93 bits per heavy atom. The van der Waals surface area contributed by atoms with E-state index in [4.69, 9.17) is 5.53 Å². The van der Waals surface area contributed by atoms with E-state index in [1.54, 1.807) is 6.08 Å². The van der Waals surface area contributed by atoms with Crippen LogP contribution in [0.5, 0.6) is 0 Å². The topological polar surface area (TPSA) is 48.8 Å². The van der Waals surface area contributed by atoms with Crippen molar-refractivity contribution in [3.05, 3.63) is 51.9 Å². The van der Waals surface area contributed by atoms with Crippen LogP contribution in [0, 0.1) is 11.6 Å². The molecule has 0 radical (unpaired) electrons. The lowest BCUT2D eigenvalue weighted by atomic mass is 10.2. The van der Waals surface area contributed by atoms with Crippen molar-refractivity contribution in [3.63, 3.8) is 0 Å². The summed E-state index contributed by atoms with van der Waals surface area (Å²) < 4.78 is 25.8. The van der Waals surface area contributed by atoms with Gasteiger partial charge in [-0.2, -0.15) is 0 Å². The first-order chi connectivity index (χ1) is 7.25. The zero-order chi connectivity index (χ0) is 11.1. The summed E-state index contributed by atoms with van der Waals surface area (Å²) in [6.07, 6.45) is 3.60. The minimum atomic E-state index is -0.868. The molecule has 0 saturated carbocycles. The van der Waals surface area contributed by atoms with Gasteiger partial charge in [-0.1, -0.05) is 29.4 Å². The highest BCUT2D eigenvalue weighted by atomic mass is 19.2. The second-order valence-electron chi connectivity index (χ2n) is 2.79. The monoisotopic (exact) mass is 209 g/mol. The van der Waals surface area contributed by atoms with Gasteiger partial charge >= 0.3 is 0 Å². The van der Waals surface area contributed by atoms with E-state index in [9.17, 15) is 8.78 Å². The van der Waals surface area contributed by atoms with Crippen molar-refractivity contribution in [2.75, 3.05) is 6.54 Å². The molecule has 0 aliphatic heterocycles. The summed E-state index contributed by atoms with van der Waals surface area (Å²) in [6.45, 7) is 0.309. The van der Waals surface area contributed by atoms with Crippen LogP contribution in [0.25, 0.3) is 16.5 Å². The number of benzene rings is 1. The average molecular weight is 209 g/mol. The smallest absolute Gasteiger partial charge is 0.166 e. The Morgan fingerprint density at radius 1 is 1.40 bits per heavy atom. The van der Waals surface area contributed by atoms with Crippen LogP contribution in [-0.2, 0) is 0 Å². The van der Waals surface area contributed by atoms with E-state index in [1.165, 1.54) is 18.2 Å². The number of hydrogen-bond acceptors (Lipinski definition) is 1. The van der Waals surface area contributed by atoms with Gasteiger partial charge in [0.1, 0.15) is 0 Å². The summed E-state index contributed by atoms with van der Waals surface area (Å²) in [5.41, 5.74) is 8.18. The Balaban J connectivity index is 2.64. The summed E-state index contributed by atoms with van der Waals surface area (Å²) >= 11 is 0. The first-order valence-corrected chi connectivity index (χ1v) is 4.37. The SMILES string of the molecule is [N-]=[N+]=NCCC=Cc1cccc(F)c1F. The number of rotatable bonds is 4.